The molecule has 1 rings (SSSR count). The zero-order valence-corrected chi connectivity index (χ0v) is 13.3. The SMILES string of the molecule is CC[C@H](C)c1ccc(S(=O)(=O)NC(C)(C)CC)cc1. The number of sulfonamides is 1. The second kappa shape index (κ2) is 6.06. The zero-order valence-electron chi connectivity index (χ0n) is 12.5. The van der Waals surface area contributed by atoms with Crippen molar-refractivity contribution in [1.82, 2.24) is 4.72 Å². The van der Waals surface area contributed by atoms with Gasteiger partial charge in [-0.25, -0.2) is 13.1 Å². The molecule has 4 heteroatoms. The Labute approximate surface area is 117 Å². The number of benzene rings is 1. The second-order valence-electron chi connectivity index (χ2n) is 5.72. The van der Waals surface area contributed by atoms with Crippen molar-refractivity contribution in [2.24, 2.45) is 0 Å². The van der Waals surface area contributed by atoms with Gasteiger partial charge in [-0.15, -0.1) is 0 Å². The van der Waals surface area contributed by atoms with Crippen molar-refractivity contribution < 1.29 is 8.42 Å². The molecule has 0 radical (unpaired) electrons. The lowest BCUT2D eigenvalue weighted by atomic mass is 9.99. The van der Waals surface area contributed by atoms with E-state index >= 15 is 0 Å². The van der Waals surface area contributed by atoms with Gasteiger partial charge in [0.2, 0.25) is 10.0 Å². The van der Waals surface area contributed by atoms with Gasteiger partial charge in [0, 0.05) is 5.54 Å². The van der Waals surface area contributed by atoms with Crippen molar-refractivity contribution >= 4 is 10.0 Å². The highest BCUT2D eigenvalue weighted by atomic mass is 32.2. The summed E-state index contributed by atoms with van der Waals surface area (Å²) >= 11 is 0. The molecular weight excluding hydrogens is 258 g/mol. The third-order valence-corrected chi connectivity index (χ3v) is 5.38. The number of nitrogens with one attached hydrogen (secondary N) is 1. The summed E-state index contributed by atoms with van der Waals surface area (Å²) in [5.74, 6) is 0.455. The predicted molar refractivity (Wildman–Crippen MR) is 79.8 cm³/mol. The molecule has 0 saturated carbocycles. The number of hydrogen-bond donors (Lipinski definition) is 1. The maximum atomic E-state index is 12.2. The summed E-state index contributed by atoms with van der Waals surface area (Å²) in [6.07, 6.45) is 1.80. The van der Waals surface area contributed by atoms with Gasteiger partial charge in [-0.05, 0) is 50.3 Å². The van der Waals surface area contributed by atoms with Gasteiger partial charge in [-0.3, -0.25) is 0 Å². The molecule has 0 bridgehead atoms. The summed E-state index contributed by atoms with van der Waals surface area (Å²) in [6, 6.07) is 7.19. The topological polar surface area (TPSA) is 46.2 Å². The van der Waals surface area contributed by atoms with E-state index < -0.39 is 15.6 Å². The lowest BCUT2D eigenvalue weighted by Crippen LogP contribution is -2.42. The van der Waals surface area contributed by atoms with E-state index in [1.54, 1.807) is 12.1 Å². The minimum absolute atomic E-state index is 0.334. The first-order valence-corrected chi connectivity index (χ1v) is 8.34. The van der Waals surface area contributed by atoms with Crippen molar-refractivity contribution in [3.63, 3.8) is 0 Å². The van der Waals surface area contributed by atoms with Gasteiger partial charge in [-0.1, -0.05) is 32.9 Å². The van der Waals surface area contributed by atoms with Crippen molar-refractivity contribution in [1.29, 1.82) is 0 Å². The van der Waals surface area contributed by atoms with Crippen LogP contribution in [0.2, 0.25) is 0 Å². The van der Waals surface area contributed by atoms with E-state index in [0.717, 1.165) is 12.8 Å². The Bertz CT molecular complexity index is 503. The van der Waals surface area contributed by atoms with Gasteiger partial charge in [0.05, 0.1) is 4.90 Å². The third kappa shape index (κ3) is 4.32. The van der Waals surface area contributed by atoms with Crippen LogP contribution in [-0.2, 0) is 10.0 Å². The Kier molecular flexibility index (Phi) is 5.16. The van der Waals surface area contributed by atoms with Crippen LogP contribution >= 0.6 is 0 Å². The van der Waals surface area contributed by atoms with Gasteiger partial charge < -0.3 is 0 Å². The zero-order chi connectivity index (χ0) is 14.7. The van der Waals surface area contributed by atoms with Gasteiger partial charge in [-0.2, -0.15) is 0 Å². The molecule has 1 N–H and O–H groups in total. The first kappa shape index (κ1) is 16.2. The van der Waals surface area contributed by atoms with Crippen molar-refractivity contribution in [2.45, 2.75) is 63.8 Å². The number of rotatable bonds is 6. The highest BCUT2D eigenvalue weighted by Crippen LogP contribution is 2.21. The Morgan fingerprint density at radius 3 is 2.11 bits per heavy atom. The molecule has 3 nitrogen and oxygen atoms in total. The van der Waals surface area contributed by atoms with Gasteiger partial charge >= 0.3 is 0 Å². The second-order valence-corrected chi connectivity index (χ2v) is 7.40. The molecule has 0 fully saturated rings. The van der Waals surface area contributed by atoms with Crippen LogP contribution in [0.4, 0.5) is 0 Å². The maximum absolute atomic E-state index is 12.2. The molecule has 0 aromatic heterocycles. The molecular formula is C15H25NO2S. The summed E-state index contributed by atoms with van der Waals surface area (Å²) in [5, 5.41) is 0. The fraction of sp³-hybridized carbons (Fsp3) is 0.600. The standard InChI is InChI=1S/C15H25NO2S/c1-6-12(3)13-8-10-14(11-9-13)19(17,18)16-15(4,5)7-2/h8-12,16H,6-7H2,1-5H3/t12-/m0/s1. The molecule has 1 atom stereocenters. The first-order valence-electron chi connectivity index (χ1n) is 6.85. The largest absolute Gasteiger partial charge is 0.241 e. The summed E-state index contributed by atoms with van der Waals surface area (Å²) in [7, 11) is -3.43. The van der Waals surface area contributed by atoms with Gasteiger partial charge in [0.15, 0.2) is 0 Å². The van der Waals surface area contributed by atoms with Gasteiger partial charge in [0.25, 0.3) is 0 Å². The average molecular weight is 283 g/mol. The fourth-order valence-electron chi connectivity index (χ4n) is 1.71. The molecule has 19 heavy (non-hydrogen) atoms. The van der Waals surface area contributed by atoms with Crippen molar-refractivity contribution in [3.8, 4) is 0 Å². The van der Waals surface area contributed by atoms with Crippen LogP contribution in [0.25, 0.3) is 0 Å². The Hall–Kier alpha value is -0.870. The molecule has 0 aliphatic carbocycles. The summed E-state index contributed by atoms with van der Waals surface area (Å²) in [5.41, 5.74) is 0.755. The molecule has 0 amide bonds. The van der Waals surface area contributed by atoms with Crippen LogP contribution in [0, 0.1) is 0 Å². The predicted octanol–water partition coefficient (Wildman–Crippen LogP) is 3.67. The van der Waals surface area contributed by atoms with E-state index in [1.807, 2.05) is 32.9 Å². The molecule has 0 aliphatic rings. The van der Waals surface area contributed by atoms with E-state index in [2.05, 4.69) is 18.6 Å². The molecule has 108 valence electrons. The number of hydrogen-bond acceptors (Lipinski definition) is 2. The molecule has 0 heterocycles. The molecule has 0 saturated heterocycles. The van der Waals surface area contributed by atoms with Crippen LogP contribution in [0.5, 0.6) is 0 Å². The lowest BCUT2D eigenvalue weighted by molar-refractivity contribution is 0.439. The van der Waals surface area contributed by atoms with Crippen LogP contribution in [0.1, 0.15) is 58.9 Å². The summed E-state index contributed by atoms with van der Waals surface area (Å²) < 4.78 is 27.2. The molecule has 1 aromatic carbocycles. The first-order chi connectivity index (χ1) is 8.72. The molecule has 0 aliphatic heterocycles. The van der Waals surface area contributed by atoms with Crippen molar-refractivity contribution in [2.75, 3.05) is 0 Å². The van der Waals surface area contributed by atoms with E-state index in [9.17, 15) is 8.42 Å². The van der Waals surface area contributed by atoms with Crippen LogP contribution in [-0.4, -0.2) is 14.0 Å². The minimum Gasteiger partial charge on any atom is -0.207 e. The van der Waals surface area contributed by atoms with E-state index in [1.165, 1.54) is 5.56 Å². The van der Waals surface area contributed by atoms with Crippen LogP contribution < -0.4 is 4.72 Å². The van der Waals surface area contributed by atoms with Gasteiger partial charge in [0.1, 0.15) is 0 Å². The summed E-state index contributed by atoms with van der Waals surface area (Å²) in [4.78, 5) is 0.334. The van der Waals surface area contributed by atoms with Crippen LogP contribution in [0.3, 0.4) is 0 Å². The van der Waals surface area contributed by atoms with E-state index in [-0.39, 0.29) is 0 Å². The molecule has 0 spiro atoms. The third-order valence-electron chi connectivity index (χ3n) is 3.67. The lowest BCUT2D eigenvalue weighted by Gasteiger charge is -2.24. The van der Waals surface area contributed by atoms with Crippen molar-refractivity contribution in [3.05, 3.63) is 29.8 Å². The van der Waals surface area contributed by atoms with E-state index in [4.69, 9.17) is 0 Å². The average Bonchev–Trinajstić information content (AvgIpc) is 2.37. The van der Waals surface area contributed by atoms with E-state index in [0.29, 0.717) is 10.8 Å². The molecule has 0 unspecified atom stereocenters. The highest BCUT2D eigenvalue weighted by molar-refractivity contribution is 7.89. The minimum atomic E-state index is -3.43. The Morgan fingerprint density at radius 2 is 1.68 bits per heavy atom. The maximum Gasteiger partial charge on any atom is 0.241 e. The quantitative estimate of drug-likeness (QED) is 0.866. The Morgan fingerprint density at radius 1 is 1.16 bits per heavy atom. The smallest absolute Gasteiger partial charge is 0.207 e. The monoisotopic (exact) mass is 283 g/mol. The Balaban J connectivity index is 2.97. The fourth-order valence-corrected chi connectivity index (χ4v) is 3.19. The normalized spacial score (nSPS) is 14.4. The molecule has 1 aromatic rings. The highest BCUT2D eigenvalue weighted by Gasteiger charge is 2.24. The summed E-state index contributed by atoms with van der Waals surface area (Å²) in [6.45, 7) is 10.0. The van der Waals surface area contributed by atoms with Crippen LogP contribution in [0.15, 0.2) is 29.2 Å².